The third-order valence-electron chi connectivity index (χ3n) is 2.79. The van der Waals surface area contributed by atoms with Crippen molar-refractivity contribution in [2.45, 2.75) is 13.5 Å². The molecule has 2 rings (SSSR count). The first-order valence-electron chi connectivity index (χ1n) is 6.05. The molecule has 7 heteroatoms. The van der Waals surface area contributed by atoms with Crippen LogP contribution in [0.2, 0.25) is 0 Å². The Bertz CT molecular complexity index is 663. The highest BCUT2D eigenvalue weighted by atomic mass is 32.2. The lowest BCUT2D eigenvalue weighted by molar-refractivity contribution is 0.580. The van der Waals surface area contributed by atoms with E-state index < -0.39 is 10.0 Å². The third-order valence-corrected chi connectivity index (χ3v) is 3.52. The number of nitrogens with one attached hydrogen (secondary N) is 2. The van der Waals surface area contributed by atoms with Crippen LogP contribution >= 0.6 is 0 Å². The molecule has 0 saturated heterocycles. The summed E-state index contributed by atoms with van der Waals surface area (Å²) in [6.07, 6.45) is 3.13. The van der Waals surface area contributed by atoms with Crippen molar-refractivity contribution in [2.75, 3.05) is 19.3 Å². The van der Waals surface area contributed by atoms with E-state index in [9.17, 15) is 8.42 Å². The molecule has 2 aromatic heterocycles. The summed E-state index contributed by atoms with van der Waals surface area (Å²) in [5.41, 5.74) is 3.00. The Labute approximate surface area is 112 Å². The summed E-state index contributed by atoms with van der Waals surface area (Å²) in [5.74, 6) is 0. The van der Waals surface area contributed by atoms with Gasteiger partial charge in [-0.25, -0.2) is 18.1 Å². The summed E-state index contributed by atoms with van der Waals surface area (Å²) in [7, 11) is -3.11. The van der Waals surface area contributed by atoms with E-state index in [0.29, 0.717) is 19.6 Å². The zero-order chi connectivity index (χ0) is 13.9. The molecular formula is C12H18N4O2S. The number of fused-ring (bicyclic) bond motifs is 1. The molecule has 0 bridgehead atoms. The first-order valence-corrected chi connectivity index (χ1v) is 7.94. The lowest BCUT2D eigenvalue weighted by Crippen LogP contribution is -2.31. The highest BCUT2D eigenvalue weighted by Gasteiger charge is 2.07. The van der Waals surface area contributed by atoms with Crippen molar-refractivity contribution in [3.8, 4) is 0 Å². The number of rotatable bonds is 6. The molecule has 2 heterocycles. The summed E-state index contributed by atoms with van der Waals surface area (Å²) in [6.45, 7) is 3.59. The fraction of sp³-hybridized carbons (Fsp3) is 0.417. The monoisotopic (exact) mass is 282 g/mol. The van der Waals surface area contributed by atoms with Crippen molar-refractivity contribution in [1.29, 1.82) is 0 Å². The zero-order valence-corrected chi connectivity index (χ0v) is 11.9. The van der Waals surface area contributed by atoms with E-state index in [1.807, 2.05) is 35.7 Å². The minimum atomic E-state index is -3.11. The zero-order valence-electron chi connectivity index (χ0n) is 11.0. The Morgan fingerprint density at radius 1 is 1.32 bits per heavy atom. The van der Waals surface area contributed by atoms with Crippen LogP contribution in [0.25, 0.3) is 5.65 Å². The fourth-order valence-corrected chi connectivity index (χ4v) is 2.38. The summed E-state index contributed by atoms with van der Waals surface area (Å²) >= 11 is 0. The van der Waals surface area contributed by atoms with Crippen molar-refractivity contribution < 1.29 is 8.42 Å². The number of aryl methyl sites for hydroxylation is 1. The highest BCUT2D eigenvalue weighted by molar-refractivity contribution is 7.88. The number of aromatic nitrogens is 2. The van der Waals surface area contributed by atoms with Crippen LogP contribution in [0.3, 0.4) is 0 Å². The molecule has 0 aromatic carbocycles. The number of hydrogen-bond acceptors (Lipinski definition) is 4. The third kappa shape index (κ3) is 3.76. The Morgan fingerprint density at radius 2 is 2.11 bits per heavy atom. The van der Waals surface area contributed by atoms with Crippen LogP contribution < -0.4 is 10.0 Å². The van der Waals surface area contributed by atoms with Crippen LogP contribution in [0, 0.1) is 6.92 Å². The van der Waals surface area contributed by atoms with E-state index in [4.69, 9.17) is 0 Å². The molecule has 0 aliphatic rings. The van der Waals surface area contributed by atoms with Gasteiger partial charge in [-0.3, -0.25) is 0 Å². The summed E-state index contributed by atoms with van der Waals surface area (Å²) in [6, 6.07) is 5.87. The minimum absolute atomic E-state index is 0.384. The largest absolute Gasteiger partial charge is 0.310 e. The Balaban J connectivity index is 1.93. The Morgan fingerprint density at radius 3 is 2.84 bits per heavy atom. The lowest BCUT2D eigenvalue weighted by Gasteiger charge is -2.06. The van der Waals surface area contributed by atoms with E-state index in [1.54, 1.807) is 0 Å². The van der Waals surface area contributed by atoms with Crippen LogP contribution in [0.5, 0.6) is 0 Å². The normalized spacial score (nSPS) is 12.1. The molecule has 0 unspecified atom stereocenters. The molecule has 2 aromatic rings. The maximum Gasteiger partial charge on any atom is 0.208 e. The van der Waals surface area contributed by atoms with Gasteiger partial charge in [0.25, 0.3) is 0 Å². The van der Waals surface area contributed by atoms with Gasteiger partial charge in [0, 0.05) is 25.8 Å². The van der Waals surface area contributed by atoms with Crippen LogP contribution in [0.4, 0.5) is 0 Å². The average molecular weight is 282 g/mol. The molecule has 0 aliphatic carbocycles. The van der Waals surface area contributed by atoms with Gasteiger partial charge >= 0.3 is 0 Å². The molecule has 2 N–H and O–H groups in total. The molecule has 104 valence electrons. The number of sulfonamides is 1. The Kier molecular flexibility index (Phi) is 4.18. The van der Waals surface area contributed by atoms with E-state index in [0.717, 1.165) is 23.3 Å². The van der Waals surface area contributed by atoms with E-state index in [-0.39, 0.29) is 0 Å². The van der Waals surface area contributed by atoms with Gasteiger partial charge in [-0.05, 0) is 19.1 Å². The van der Waals surface area contributed by atoms with Gasteiger partial charge in [-0.2, -0.15) is 0 Å². The standard InChI is InChI=1S/C12H18N4O2S/c1-10-11(9-13-6-7-14-19(2,17)18)16-8-4-3-5-12(16)15-10/h3-5,8,13-14H,6-7,9H2,1-2H3. The van der Waals surface area contributed by atoms with Crippen LogP contribution in [0.15, 0.2) is 24.4 Å². The summed E-state index contributed by atoms with van der Waals surface area (Å²) in [5, 5.41) is 3.21. The van der Waals surface area contributed by atoms with E-state index in [1.165, 1.54) is 0 Å². The molecule has 6 nitrogen and oxygen atoms in total. The molecule has 0 atom stereocenters. The van der Waals surface area contributed by atoms with Gasteiger partial charge in [0.05, 0.1) is 17.6 Å². The molecule has 0 amide bonds. The average Bonchev–Trinajstić information content (AvgIpc) is 2.64. The van der Waals surface area contributed by atoms with Gasteiger partial charge in [0.2, 0.25) is 10.0 Å². The van der Waals surface area contributed by atoms with Gasteiger partial charge in [-0.15, -0.1) is 0 Å². The van der Waals surface area contributed by atoms with Crippen LogP contribution in [0.1, 0.15) is 11.4 Å². The smallest absolute Gasteiger partial charge is 0.208 e. The van der Waals surface area contributed by atoms with Crippen molar-refractivity contribution in [3.05, 3.63) is 35.8 Å². The molecule has 19 heavy (non-hydrogen) atoms. The maximum atomic E-state index is 10.9. The fourth-order valence-electron chi connectivity index (χ4n) is 1.91. The summed E-state index contributed by atoms with van der Waals surface area (Å²) < 4.78 is 26.3. The maximum absolute atomic E-state index is 10.9. The molecular weight excluding hydrogens is 264 g/mol. The molecule has 0 spiro atoms. The van der Waals surface area contributed by atoms with Gasteiger partial charge in [0.1, 0.15) is 5.65 Å². The highest BCUT2D eigenvalue weighted by Crippen LogP contribution is 2.10. The van der Waals surface area contributed by atoms with Crippen molar-refractivity contribution in [2.24, 2.45) is 0 Å². The Hall–Kier alpha value is -1.44. The second-order valence-corrected chi connectivity index (χ2v) is 6.25. The first kappa shape index (κ1) is 14.0. The predicted octanol–water partition coefficient (Wildman–Crippen LogP) is 0.282. The molecule has 0 saturated carbocycles. The minimum Gasteiger partial charge on any atom is -0.310 e. The SMILES string of the molecule is Cc1nc2ccccn2c1CNCCNS(C)(=O)=O. The first-order chi connectivity index (χ1) is 8.97. The van der Waals surface area contributed by atoms with Gasteiger partial charge in [0.15, 0.2) is 0 Å². The number of nitrogens with zero attached hydrogens (tertiary/aromatic N) is 2. The van der Waals surface area contributed by atoms with E-state index >= 15 is 0 Å². The van der Waals surface area contributed by atoms with Gasteiger partial charge < -0.3 is 9.72 Å². The number of pyridine rings is 1. The van der Waals surface area contributed by atoms with Crippen molar-refractivity contribution >= 4 is 15.7 Å². The molecule has 0 fully saturated rings. The predicted molar refractivity (Wildman–Crippen MR) is 74.5 cm³/mol. The topological polar surface area (TPSA) is 75.5 Å². The van der Waals surface area contributed by atoms with Gasteiger partial charge in [-0.1, -0.05) is 6.07 Å². The molecule has 0 radical (unpaired) electrons. The van der Waals surface area contributed by atoms with Crippen LogP contribution in [-0.4, -0.2) is 37.1 Å². The second kappa shape index (κ2) is 5.68. The van der Waals surface area contributed by atoms with Crippen LogP contribution in [-0.2, 0) is 16.6 Å². The van der Waals surface area contributed by atoms with E-state index in [2.05, 4.69) is 15.0 Å². The van der Waals surface area contributed by atoms with Crippen molar-refractivity contribution in [3.63, 3.8) is 0 Å². The van der Waals surface area contributed by atoms with Crippen molar-refractivity contribution in [1.82, 2.24) is 19.4 Å². The summed E-state index contributed by atoms with van der Waals surface area (Å²) in [4.78, 5) is 4.46. The lowest BCUT2D eigenvalue weighted by atomic mass is 10.3. The number of hydrogen-bond donors (Lipinski definition) is 2. The second-order valence-electron chi connectivity index (χ2n) is 4.42. The molecule has 0 aliphatic heterocycles. The quantitative estimate of drug-likeness (QED) is 0.746. The number of imidazole rings is 1.